The van der Waals surface area contributed by atoms with Crippen LogP contribution >= 0.6 is 11.3 Å². The van der Waals surface area contributed by atoms with E-state index in [0.29, 0.717) is 28.9 Å². The van der Waals surface area contributed by atoms with Gasteiger partial charge >= 0.3 is 0 Å². The van der Waals surface area contributed by atoms with Crippen LogP contribution in [0.25, 0.3) is 22.2 Å². The van der Waals surface area contributed by atoms with E-state index in [-0.39, 0.29) is 5.91 Å². The number of hydrogen-bond acceptors (Lipinski definition) is 7. The number of nitrogens with zero attached hydrogens (tertiary/aromatic N) is 2. The molecule has 3 aromatic heterocycles. The number of hydrogen-bond donors (Lipinski definition) is 1. The SMILES string of the molecule is COc1ccc(-c2nc(-c3ccc(C(=O)NCc4ccc(C)o4)s3)no2)cc1. The summed E-state index contributed by atoms with van der Waals surface area (Å²) in [7, 11) is 1.61. The van der Waals surface area contributed by atoms with Crippen molar-refractivity contribution in [1.29, 1.82) is 0 Å². The molecule has 0 radical (unpaired) electrons. The Kier molecular flexibility index (Phi) is 4.94. The lowest BCUT2D eigenvalue weighted by Crippen LogP contribution is -2.21. The van der Waals surface area contributed by atoms with Crippen LogP contribution in [-0.2, 0) is 6.54 Å². The Morgan fingerprint density at radius 1 is 1.14 bits per heavy atom. The van der Waals surface area contributed by atoms with Crippen LogP contribution in [0, 0.1) is 6.92 Å². The third-order valence-electron chi connectivity index (χ3n) is 4.03. The summed E-state index contributed by atoms with van der Waals surface area (Å²) in [5.41, 5.74) is 0.794. The van der Waals surface area contributed by atoms with Gasteiger partial charge in [0.15, 0.2) is 0 Å². The number of methoxy groups -OCH3 is 1. The lowest BCUT2D eigenvalue weighted by molar-refractivity contribution is 0.0952. The van der Waals surface area contributed by atoms with Crippen molar-refractivity contribution < 1.29 is 18.5 Å². The summed E-state index contributed by atoms with van der Waals surface area (Å²) in [6.07, 6.45) is 0. The van der Waals surface area contributed by atoms with Crippen molar-refractivity contribution in [3.8, 4) is 27.9 Å². The number of rotatable bonds is 6. The van der Waals surface area contributed by atoms with Gasteiger partial charge in [-0.1, -0.05) is 5.16 Å². The first-order valence-electron chi connectivity index (χ1n) is 8.54. The maximum absolute atomic E-state index is 12.3. The highest BCUT2D eigenvalue weighted by molar-refractivity contribution is 7.17. The largest absolute Gasteiger partial charge is 0.497 e. The van der Waals surface area contributed by atoms with Gasteiger partial charge in [-0.15, -0.1) is 11.3 Å². The number of carbonyl (C=O) groups excluding carboxylic acids is 1. The van der Waals surface area contributed by atoms with Crippen molar-refractivity contribution in [3.05, 3.63) is 64.9 Å². The van der Waals surface area contributed by atoms with Crippen molar-refractivity contribution in [3.63, 3.8) is 0 Å². The van der Waals surface area contributed by atoms with Gasteiger partial charge < -0.3 is 19.0 Å². The average Bonchev–Trinajstić information content (AvgIpc) is 3.46. The summed E-state index contributed by atoms with van der Waals surface area (Å²) in [6.45, 7) is 2.20. The zero-order chi connectivity index (χ0) is 19.5. The van der Waals surface area contributed by atoms with Gasteiger partial charge in [-0.05, 0) is 55.5 Å². The fourth-order valence-electron chi connectivity index (χ4n) is 2.59. The second-order valence-corrected chi connectivity index (χ2v) is 7.09. The predicted octanol–water partition coefficient (Wildman–Crippen LogP) is 4.31. The van der Waals surface area contributed by atoms with Gasteiger partial charge in [-0.3, -0.25) is 4.79 Å². The fourth-order valence-corrected chi connectivity index (χ4v) is 3.44. The van der Waals surface area contributed by atoms with E-state index in [2.05, 4.69) is 15.5 Å². The molecule has 28 heavy (non-hydrogen) atoms. The normalized spacial score (nSPS) is 10.8. The minimum Gasteiger partial charge on any atom is -0.497 e. The number of carbonyl (C=O) groups is 1. The van der Waals surface area contributed by atoms with Gasteiger partial charge in [-0.2, -0.15) is 4.98 Å². The zero-order valence-corrected chi connectivity index (χ0v) is 16.1. The third-order valence-corrected chi connectivity index (χ3v) is 5.11. The summed E-state index contributed by atoms with van der Waals surface area (Å²) in [6, 6.07) is 14.6. The van der Waals surface area contributed by atoms with E-state index in [0.717, 1.165) is 22.0 Å². The summed E-state index contributed by atoms with van der Waals surface area (Å²) < 4.78 is 15.9. The van der Waals surface area contributed by atoms with Crippen LogP contribution in [-0.4, -0.2) is 23.2 Å². The standard InChI is InChI=1S/C20H17N3O4S/c1-12-3-6-15(26-12)11-21-19(24)17-10-9-16(28-17)18-22-20(27-23-18)13-4-7-14(25-2)8-5-13/h3-10H,11H2,1-2H3,(H,21,24). The topological polar surface area (TPSA) is 90.4 Å². The van der Waals surface area contributed by atoms with Crippen molar-refractivity contribution in [1.82, 2.24) is 15.5 Å². The number of ether oxygens (including phenoxy) is 1. The van der Waals surface area contributed by atoms with Crippen LogP contribution in [0.3, 0.4) is 0 Å². The number of aromatic nitrogens is 2. The molecular weight excluding hydrogens is 378 g/mol. The van der Waals surface area contributed by atoms with E-state index in [4.69, 9.17) is 13.7 Å². The molecule has 4 aromatic rings. The molecule has 0 aliphatic heterocycles. The first kappa shape index (κ1) is 18.0. The van der Waals surface area contributed by atoms with Crippen LogP contribution in [0.4, 0.5) is 0 Å². The van der Waals surface area contributed by atoms with E-state index < -0.39 is 0 Å². The second kappa shape index (κ2) is 7.69. The molecule has 0 bridgehead atoms. The van der Waals surface area contributed by atoms with E-state index in [1.54, 1.807) is 19.2 Å². The molecule has 0 saturated heterocycles. The molecule has 142 valence electrons. The number of aryl methyl sites for hydroxylation is 1. The number of furan rings is 1. The molecule has 1 amide bonds. The molecule has 0 aliphatic carbocycles. The van der Waals surface area contributed by atoms with Crippen LogP contribution in [0.2, 0.25) is 0 Å². The highest BCUT2D eigenvalue weighted by Gasteiger charge is 2.15. The van der Waals surface area contributed by atoms with E-state index in [1.165, 1.54) is 11.3 Å². The predicted molar refractivity (Wildman–Crippen MR) is 104 cm³/mol. The Bertz CT molecular complexity index is 1090. The molecule has 3 heterocycles. The van der Waals surface area contributed by atoms with Gasteiger partial charge in [0.05, 0.1) is 23.4 Å². The Hall–Kier alpha value is -3.39. The van der Waals surface area contributed by atoms with Crippen molar-refractivity contribution >= 4 is 17.2 Å². The Balaban J connectivity index is 1.45. The molecule has 0 aliphatic rings. The van der Waals surface area contributed by atoms with Crippen LogP contribution in [0.1, 0.15) is 21.2 Å². The van der Waals surface area contributed by atoms with Crippen LogP contribution in [0.5, 0.6) is 5.75 Å². The van der Waals surface area contributed by atoms with E-state index in [1.807, 2.05) is 43.3 Å². The number of benzene rings is 1. The quantitative estimate of drug-likeness (QED) is 0.523. The molecule has 0 spiro atoms. The van der Waals surface area contributed by atoms with Crippen molar-refractivity contribution in [2.24, 2.45) is 0 Å². The minimum absolute atomic E-state index is 0.177. The highest BCUT2D eigenvalue weighted by Crippen LogP contribution is 2.28. The van der Waals surface area contributed by atoms with Gasteiger partial charge in [0, 0.05) is 5.56 Å². The Morgan fingerprint density at radius 3 is 2.68 bits per heavy atom. The first-order chi connectivity index (χ1) is 13.6. The Morgan fingerprint density at radius 2 is 1.96 bits per heavy atom. The number of thiophene rings is 1. The summed E-state index contributed by atoms with van der Waals surface area (Å²) >= 11 is 1.30. The van der Waals surface area contributed by atoms with Crippen molar-refractivity contribution in [2.45, 2.75) is 13.5 Å². The van der Waals surface area contributed by atoms with E-state index >= 15 is 0 Å². The number of amides is 1. The van der Waals surface area contributed by atoms with Crippen molar-refractivity contribution in [2.75, 3.05) is 7.11 Å². The second-order valence-electron chi connectivity index (χ2n) is 6.01. The molecular formula is C20H17N3O4S. The van der Waals surface area contributed by atoms with Gasteiger partial charge in [-0.25, -0.2) is 0 Å². The monoisotopic (exact) mass is 395 g/mol. The molecule has 1 aromatic carbocycles. The molecule has 7 nitrogen and oxygen atoms in total. The lowest BCUT2D eigenvalue weighted by Gasteiger charge is -2.00. The molecule has 1 N–H and O–H groups in total. The Labute approximate surface area is 165 Å². The van der Waals surface area contributed by atoms with Gasteiger partial charge in [0.2, 0.25) is 5.82 Å². The highest BCUT2D eigenvalue weighted by atomic mass is 32.1. The average molecular weight is 395 g/mol. The lowest BCUT2D eigenvalue weighted by atomic mass is 10.2. The molecule has 0 fully saturated rings. The summed E-state index contributed by atoms with van der Waals surface area (Å²) in [4.78, 5) is 18.1. The van der Waals surface area contributed by atoms with E-state index in [9.17, 15) is 4.79 Å². The minimum atomic E-state index is -0.177. The maximum Gasteiger partial charge on any atom is 0.261 e. The van der Waals surface area contributed by atoms with Gasteiger partial charge in [0.25, 0.3) is 11.8 Å². The third kappa shape index (κ3) is 3.81. The van der Waals surface area contributed by atoms with Crippen LogP contribution < -0.4 is 10.1 Å². The van der Waals surface area contributed by atoms with Gasteiger partial charge in [0.1, 0.15) is 17.3 Å². The summed E-state index contributed by atoms with van der Waals surface area (Å²) in [5.74, 6) is 2.95. The molecule has 0 saturated carbocycles. The molecule has 0 unspecified atom stereocenters. The zero-order valence-electron chi connectivity index (χ0n) is 15.3. The molecule has 0 atom stereocenters. The maximum atomic E-state index is 12.3. The molecule has 8 heteroatoms. The fraction of sp³-hybridized carbons (Fsp3) is 0.150. The summed E-state index contributed by atoms with van der Waals surface area (Å²) in [5, 5.41) is 6.86. The smallest absolute Gasteiger partial charge is 0.261 e. The number of nitrogens with one attached hydrogen (secondary N) is 1. The van der Waals surface area contributed by atoms with Crippen LogP contribution in [0.15, 0.2) is 57.5 Å². The first-order valence-corrected chi connectivity index (χ1v) is 9.36. The molecule has 4 rings (SSSR count).